The predicted molar refractivity (Wildman–Crippen MR) is 84.1 cm³/mol. The van der Waals surface area contributed by atoms with Crippen LogP contribution in [0.4, 0.5) is 5.13 Å². The van der Waals surface area contributed by atoms with E-state index in [0.29, 0.717) is 0 Å². The molecule has 1 aliphatic rings. The summed E-state index contributed by atoms with van der Waals surface area (Å²) in [6.45, 7) is 0. The topological polar surface area (TPSA) is 37.3 Å². The first-order valence-electron chi connectivity index (χ1n) is 6.34. The Hall–Kier alpha value is -1.20. The van der Waals surface area contributed by atoms with Crippen LogP contribution < -0.4 is 5.43 Å². The van der Waals surface area contributed by atoms with Gasteiger partial charge in [0.25, 0.3) is 0 Å². The van der Waals surface area contributed by atoms with E-state index in [1.807, 2.05) is 30.5 Å². The Kier molecular flexibility index (Phi) is 3.94. The molecule has 3 rings (SSSR count). The third kappa shape index (κ3) is 3.22. The van der Waals surface area contributed by atoms with Crippen molar-refractivity contribution in [3.8, 4) is 0 Å². The number of hydrogen-bond acceptors (Lipinski definition) is 4. The quantitative estimate of drug-likeness (QED) is 0.673. The van der Waals surface area contributed by atoms with E-state index in [1.54, 1.807) is 11.3 Å². The Morgan fingerprint density at radius 3 is 3.05 bits per heavy atom. The summed E-state index contributed by atoms with van der Waals surface area (Å²) in [5.74, 6) is 0. The van der Waals surface area contributed by atoms with E-state index in [9.17, 15) is 0 Å². The second-order valence-electron chi connectivity index (χ2n) is 4.52. The van der Waals surface area contributed by atoms with Crippen molar-refractivity contribution in [1.82, 2.24) is 4.98 Å². The number of nitrogens with one attached hydrogen (secondary N) is 1. The summed E-state index contributed by atoms with van der Waals surface area (Å²) in [5, 5.41) is 5.15. The zero-order chi connectivity index (χ0) is 13.1. The lowest BCUT2D eigenvalue weighted by atomic mass is 10.0. The Morgan fingerprint density at radius 1 is 1.32 bits per heavy atom. The first-order chi connectivity index (χ1) is 9.31. The van der Waals surface area contributed by atoms with Crippen molar-refractivity contribution in [1.29, 1.82) is 0 Å². The average Bonchev–Trinajstić information content (AvgIpc) is 2.81. The highest BCUT2D eigenvalue weighted by Gasteiger charge is 2.14. The second-order valence-corrected chi connectivity index (χ2v) is 6.52. The van der Waals surface area contributed by atoms with Crippen LogP contribution in [0.15, 0.2) is 33.8 Å². The fourth-order valence-corrected chi connectivity index (χ4v) is 3.57. The van der Waals surface area contributed by atoms with E-state index in [2.05, 4.69) is 31.4 Å². The van der Waals surface area contributed by atoms with E-state index in [-0.39, 0.29) is 0 Å². The molecule has 0 radical (unpaired) electrons. The molecule has 19 heavy (non-hydrogen) atoms. The molecule has 0 fully saturated rings. The molecule has 0 spiro atoms. The normalized spacial score (nSPS) is 14.6. The first-order valence-corrected chi connectivity index (χ1v) is 7.95. The number of thiazole rings is 1. The summed E-state index contributed by atoms with van der Waals surface area (Å²) < 4.78 is 1.06. The predicted octanol–water partition coefficient (Wildman–Crippen LogP) is 4.23. The summed E-state index contributed by atoms with van der Waals surface area (Å²) in [6.07, 6.45) is 6.64. The molecule has 1 heterocycles. The van der Waals surface area contributed by atoms with Crippen molar-refractivity contribution >= 4 is 38.6 Å². The van der Waals surface area contributed by atoms with Gasteiger partial charge in [0.05, 0.1) is 11.9 Å². The van der Waals surface area contributed by atoms with E-state index >= 15 is 0 Å². The van der Waals surface area contributed by atoms with Gasteiger partial charge in [0.15, 0.2) is 0 Å². The molecule has 1 aromatic heterocycles. The van der Waals surface area contributed by atoms with Crippen molar-refractivity contribution in [3.63, 3.8) is 0 Å². The molecule has 0 amide bonds. The molecule has 1 N–H and O–H groups in total. The number of halogens is 1. The third-order valence-electron chi connectivity index (χ3n) is 3.07. The number of benzene rings is 1. The lowest BCUT2D eigenvalue weighted by Gasteiger charge is -2.06. The number of aromatic nitrogens is 1. The molecular formula is C14H14BrN3S. The summed E-state index contributed by atoms with van der Waals surface area (Å²) in [4.78, 5) is 6.01. The molecule has 0 saturated carbocycles. The van der Waals surface area contributed by atoms with Gasteiger partial charge in [-0.2, -0.15) is 5.10 Å². The fourth-order valence-electron chi connectivity index (χ4n) is 2.15. The maximum absolute atomic E-state index is 4.58. The SMILES string of the molecule is Brc1cccc(/C=N\Nc2nc3c(s2)CCCC3)c1. The highest BCUT2D eigenvalue weighted by Crippen LogP contribution is 2.29. The maximum atomic E-state index is 4.58. The van der Waals surface area contributed by atoms with Crippen LogP contribution in [-0.4, -0.2) is 11.2 Å². The van der Waals surface area contributed by atoms with E-state index < -0.39 is 0 Å². The van der Waals surface area contributed by atoms with Crippen molar-refractivity contribution < 1.29 is 0 Å². The van der Waals surface area contributed by atoms with Crippen LogP contribution >= 0.6 is 27.3 Å². The molecule has 0 bridgehead atoms. The minimum absolute atomic E-state index is 0.901. The Labute approximate surface area is 124 Å². The van der Waals surface area contributed by atoms with E-state index in [1.165, 1.54) is 29.8 Å². The zero-order valence-corrected chi connectivity index (χ0v) is 12.8. The van der Waals surface area contributed by atoms with Gasteiger partial charge in [0, 0.05) is 9.35 Å². The summed E-state index contributed by atoms with van der Waals surface area (Å²) in [5.41, 5.74) is 5.35. The smallest absolute Gasteiger partial charge is 0.203 e. The van der Waals surface area contributed by atoms with Gasteiger partial charge in [0.1, 0.15) is 0 Å². The van der Waals surface area contributed by atoms with Gasteiger partial charge >= 0.3 is 0 Å². The van der Waals surface area contributed by atoms with Gasteiger partial charge < -0.3 is 0 Å². The Morgan fingerprint density at radius 2 is 2.21 bits per heavy atom. The van der Waals surface area contributed by atoms with Gasteiger partial charge in [-0.3, -0.25) is 5.43 Å². The number of fused-ring (bicyclic) bond motifs is 1. The fraction of sp³-hybridized carbons (Fsp3) is 0.286. The maximum Gasteiger partial charge on any atom is 0.203 e. The summed E-state index contributed by atoms with van der Waals surface area (Å²) >= 11 is 5.17. The van der Waals surface area contributed by atoms with Crippen LogP contribution in [0.2, 0.25) is 0 Å². The van der Waals surface area contributed by atoms with Crippen molar-refractivity contribution in [3.05, 3.63) is 44.9 Å². The molecule has 0 atom stereocenters. The molecule has 5 heteroatoms. The standard InChI is InChI=1S/C14H14BrN3S/c15-11-5-3-4-10(8-11)9-16-18-14-17-12-6-1-2-7-13(12)19-14/h3-5,8-9H,1-2,6-7H2,(H,17,18)/b16-9-. The number of aryl methyl sites for hydroxylation is 2. The van der Waals surface area contributed by atoms with Gasteiger partial charge in [-0.25, -0.2) is 4.98 Å². The minimum atomic E-state index is 0.901. The van der Waals surface area contributed by atoms with Crippen LogP contribution in [0.5, 0.6) is 0 Å². The van der Waals surface area contributed by atoms with Crippen molar-refractivity contribution in [2.75, 3.05) is 5.43 Å². The molecule has 1 aromatic carbocycles. The lowest BCUT2D eigenvalue weighted by molar-refractivity contribution is 0.682. The lowest BCUT2D eigenvalue weighted by Crippen LogP contribution is -1.99. The Balaban J connectivity index is 1.67. The molecule has 1 aliphatic carbocycles. The van der Waals surface area contributed by atoms with Crippen molar-refractivity contribution in [2.24, 2.45) is 5.10 Å². The van der Waals surface area contributed by atoms with Crippen molar-refractivity contribution in [2.45, 2.75) is 25.7 Å². The molecule has 0 aliphatic heterocycles. The second kappa shape index (κ2) is 5.84. The zero-order valence-electron chi connectivity index (χ0n) is 10.4. The van der Waals surface area contributed by atoms with Crippen LogP contribution in [-0.2, 0) is 12.8 Å². The summed E-state index contributed by atoms with van der Waals surface area (Å²) in [7, 11) is 0. The van der Waals surface area contributed by atoms with Crippen LogP contribution in [0.25, 0.3) is 0 Å². The largest absolute Gasteiger partial charge is 0.253 e. The highest BCUT2D eigenvalue weighted by atomic mass is 79.9. The van der Waals surface area contributed by atoms with Gasteiger partial charge in [0.2, 0.25) is 5.13 Å². The molecule has 0 saturated heterocycles. The number of rotatable bonds is 3. The van der Waals surface area contributed by atoms with Gasteiger partial charge in [-0.05, 0) is 43.4 Å². The van der Waals surface area contributed by atoms with Crippen LogP contribution in [0.3, 0.4) is 0 Å². The Bertz CT molecular complexity index is 583. The molecule has 3 nitrogen and oxygen atoms in total. The van der Waals surface area contributed by atoms with Gasteiger partial charge in [-0.1, -0.05) is 28.1 Å². The number of hydrazone groups is 1. The van der Waals surface area contributed by atoms with E-state index in [4.69, 9.17) is 0 Å². The monoisotopic (exact) mass is 335 g/mol. The third-order valence-corrected chi connectivity index (χ3v) is 4.62. The van der Waals surface area contributed by atoms with Gasteiger partial charge in [-0.15, -0.1) is 11.3 Å². The number of hydrogen-bond donors (Lipinski definition) is 1. The minimum Gasteiger partial charge on any atom is -0.253 e. The molecular weight excluding hydrogens is 322 g/mol. The average molecular weight is 336 g/mol. The van der Waals surface area contributed by atoms with Crippen LogP contribution in [0.1, 0.15) is 29.0 Å². The van der Waals surface area contributed by atoms with Crippen LogP contribution in [0, 0.1) is 0 Å². The van der Waals surface area contributed by atoms with E-state index in [0.717, 1.165) is 21.6 Å². The highest BCUT2D eigenvalue weighted by molar-refractivity contribution is 9.10. The number of nitrogens with zero attached hydrogens (tertiary/aromatic N) is 2. The number of anilines is 1. The summed E-state index contributed by atoms with van der Waals surface area (Å²) in [6, 6.07) is 8.04. The molecule has 2 aromatic rings. The molecule has 98 valence electrons. The molecule has 0 unspecified atom stereocenters. The first kappa shape index (κ1) is 12.8.